The van der Waals surface area contributed by atoms with Crippen LogP contribution in [-0.2, 0) is 0 Å². The number of fused-ring (bicyclic) bond motifs is 1. The topological polar surface area (TPSA) is 51.8 Å². The van der Waals surface area contributed by atoms with Gasteiger partial charge in [0.05, 0.1) is 30.9 Å². The first-order chi connectivity index (χ1) is 18.8. The highest BCUT2D eigenvalue weighted by Gasteiger charge is 2.41. The van der Waals surface area contributed by atoms with Gasteiger partial charge in [-0.3, -0.25) is 4.99 Å². The number of hydrogen-bond acceptors (Lipinski definition) is 4. The molecule has 5 nitrogen and oxygen atoms in total. The molecule has 39 heavy (non-hydrogen) atoms. The summed E-state index contributed by atoms with van der Waals surface area (Å²) in [5.41, 5.74) is 4.72. The molecule has 1 aliphatic heterocycles. The minimum atomic E-state index is -2.53. The Hall–Kier alpha value is -3.16. The van der Waals surface area contributed by atoms with E-state index in [1.54, 1.807) is 19.5 Å². The fraction of sp³-hybridized carbons (Fsp3) is 0.516. The van der Waals surface area contributed by atoms with Crippen LogP contribution in [0.4, 0.5) is 13.2 Å². The molecule has 4 atom stereocenters. The molecule has 1 aromatic carbocycles. The van der Waals surface area contributed by atoms with E-state index in [9.17, 15) is 8.78 Å². The van der Waals surface area contributed by atoms with Crippen LogP contribution in [-0.4, -0.2) is 46.3 Å². The van der Waals surface area contributed by atoms with Gasteiger partial charge in [-0.15, -0.1) is 0 Å². The summed E-state index contributed by atoms with van der Waals surface area (Å²) in [4.78, 5) is 14.3. The maximum atomic E-state index is 15.3. The fourth-order valence-corrected chi connectivity index (χ4v) is 6.62. The van der Waals surface area contributed by atoms with E-state index >= 15 is 4.39 Å². The average molecular weight is 537 g/mol. The zero-order valence-corrected chi connectivity index (χ0v) is 22.5. The summed E-state index contributed by atoms with van der Waals surface area (Å²) in [6.07, 6.45) is 12.7. The molecule has 2 fully saturated rings. The van der Waals surface area contributed by atoms with Crippen LogP contribution < -0.4 is 4.74 Å². The molecule has 0 amide bonds. The predicted molar refractivity (Wildman–Crippen MR) is 147 cm³/mol. The molecule has 1 aromatic heterocycles. The number of hydrogen-bond donors (Lipinski definition) is 0. The van der Waals surface area contributed by atoms with Gasteiger partial charge < -0.3 is 9.30 Å². The number of amidine groups is 1. The molecule has 8 heteroatoms. The number of rotatable bonds is 6. The summed E-state index contributed by atoms with van der Waals surface area (Å²) in [6.45, 7) is 1.94. The molecule has 3 aliphatic carbocycles. The van der Waals surface area contributed by atoms with Crippen LogP contribution in [0.25, 0.3) is 5.69 Å². The summed E-state index contributed by atoms with van der Waals surface area (Å²) >= 11 is 0. The van der Waals surface area contributed by atoms with Crippen LogP contribution in [0.1, 0.15) is 62.6 Å². The number of aliphatic imine (C=N–C) groups is 2. The third-order valence-electron chi connectivity index (χ3n) is 8.75. The first-order valence-corrected chi connectivity index (χ1v) is 14.1. The van der Waals surface area contributed by atoms with E-state index in [2.05, 4.69) is 11.1 Å². The van der Waals surface area contributed by atoms with E-state index in [4.69, 9.17) is 14.7 Å². The molecule has 3 unspecified atom stereocenters. The Labute approximate surface area is 227 Å². The van der Waals surface area contributed by atoms with Crippen molar-refractivity contribution in [3.05, 3.63) is 65.8 Å². The Morgan fingerprint density at radius 2 is 1.95 bits per heavy atom. The molecule has 0 bridgehead atoms. The fourth-order valence-electron chi connectivity index (χ4n) is 6.62. The van der Waals surface area contributed by atoms with Crippen LogP contribution in [0.2, 0.25) is 0 Å². The SMILES string of the molecule is COc1cc(C2=NC3CCC[C@H](C4C=C(CC5CCC(F)(F)CC5)C=CC4F)C3=N2)ccc1-n1cnc(C)c1. The molecular weight excluding hydrogens is 501 g/mol. The number of aryl methyl sites for hydroxylation is 1. The second-order valence-electron chi connectivity index (χ2n) is 11.5. The van der Waals surface area contributed by atoms with Crippen molar-refractivity contribution in [2.45, 2.75) is 76.4 Å². The Bertz CT molecular complexity index is 1350. The molecule has 0 spiro atoms. The summed E-state index contributed by atoms with van der Waals surface area (Å²) < 4.78 is 50.2. The second kappa shape index (κ2) is 10.4. The van der Waals surface area contributed by atoms with Gasteiger partial charge in [0.25, 0.3) is 0 Å². The first-order valence-electron chi connectivity index (χ1n) is 14.1. The Morgan fingerprint density at radius 1 is 1.13 bits per heavy atom. The highest BCUT2D eigenvalue weighted by Crippen LogP contribution is 2.42. The molecule has 2 aromatic rings. The largest absolute Gasteiger partial charge is 0.495 e. The Kier molecular flexibility index (Phi) is 6.98. The maximum Gasteiger partial charge on any atom is 0.248 e. The third-order valence-corrected chi connectivity index (χ3v) is 8.75. The van der Waals surface area contributed by atoms with E-state index < -0.39 is 12.1 Å². The normalized spacial score (nSPS) is 28.5. The number of methoxy groups -OCH3 is 1. The molecule has 206 valence electrons. The van der Waals surface area contributed by atoms with E-state index in [0.29, 0.717) is 24.4 Å². The van der Waals surface area contributed by atoms with Crippen molar-refractivity contribution in [1.29, 1.82) is 0 Å². The molecular formula is C31H35F3N4O. The van der Waals surface area contributed by atoms with Gasteiger partial charge in [-0.2, -0.15) is 0 Å². The second-order valence-corrected chi connectivity index (χ2v) is 11.5. The van der Waals surface area contributed by atoms with E-state index in [-0.39, 0.29) is 36.6 Å². The molecule has 2 saturated carbocycles. The number of halogens is 3. The van der Waals surface area contributed by atoms with E-state index in [1.165, 1.54) is 0 Å². The van der Waals surface area contributed by atoms with Crippen molar-refractivity contribution in [2.75, 3.05) is 7.11 Å². The van der Waals surface area contributed by atoms with Crippen LogP contribution in [0.15, 0.2) is 64.5 Å². The van der Waals surface area contributed by atoms with Gasteiger partial charge >= 0.3 is 0 Å². The lowest BCUT2D eigenvalue weighted by molar-refractivity contribution is -0.0455. The summed E-state index contributed by atoms with van der Waals surface area (Å²) in [5.74, 6) is -1.24. The molecule has 0 N–H and O–H groups in total. The number of imidazole rings is 1. The standard InChI is InChI=1S/C31H35F3N4O/c1-19-17-38(18-35-19)27-9-7-22(16-28(27)39-2)30-36-26-5-3-4-23(29(26)37-30)24-15-21(6-8-25(24)32)14-20-10-12-31(33,34)13-11-20/h6-9,15-18,20,23-26H,3-5,10-14H2,1-2H3/t23-,24?,25?,26?/m1/s1. The summed E-state index contributed by atoms with van der Waals surface area (Å²) in [7, 11) is 1.64. The number of ether oxygens (including phenoxy) is 1. The number of benzene rings is 1. The minimum absolute atomic E-state index is 0.0225. The smallest absolute Gasteiger partial charge is 0.248 e. The summed E-state index contributed by atoms with van der Waals surface area (Å²) in [6, 6.07) is 5.90. The molecule has 4 aliphatic rings. The van der Waals surface area contributed by atoms with E-state index in [0.717, 1.165) is 53.9 Å². The first kappa shape index (κ1) is 26.1. The third kappa shape index (κ3) is 5.35. The van der Waals surface area contributed by atoms with Crippen molar-refractivity contribution < 1.29 is 17.9 Å². The number of alkyl halides is 3. The van der Waals surface area contributed by atoms with Crippen molar-refractivity contribution >= 4 is 11.5 Å². The quantitative estimate of drug-likeness (QED) is 0.391. The van der Waals surface area contributed by atoms with Crippen molar-refractivity contribution in [3.63, 3.8) is 0 Å². The lowest BCUT2D eigenvalue weighted by Gasteiger charge is -2.35. The highest BCUT2D eigenvalue weighted by atomic mass is 19.3. The highest BCUT2D eigenvalue weighted by molar-refractivity contribution is 6.14. The average Bonchev–Trinajstić information content (AvgIpc) is 3.57. The number of allylic oxidation sites excluding steroid dienone is 4. The minimum Gasteiger partial charge on any atom is -0.495 e. The predicted octanol–water partition coefficient (Wildman–Crippen LogP) is 7.23. The van der Waals surface area contributed by atoms with Crippen molar-refractivity contribution in [1.82, 2.24) is 9.55 Å². The molecule has 2 heterocycles. The summed E-state index contributed by atoms with van der Waals surface area (Å²) in [5, 5.41) is 0. The van der Waals surface area contributed by atoms with Gasteiger partial charge in [-0.1, -0.05) is 24.1 Å². The van der Waals surface area contributed by atoms with Gasteiger partial charge in [0.1, 0.15) is 11.9 Å². The maximum absolute atomic E-state index is 15.3. The lowest BCUT2D eigenvalue weighted by atomic mass is 9.72. The van der Waals surface area contributed by atoms with Gasteiger partial charge in [0.15, 0.2) is 5.84 Å². The monoisotopic (exact) mass is 536 g/mol. The van der Waals surface area contributed by atoms with Gasteiger partial charge in [-0.05, 0) is 69.2 Å². The molecule has 0 saturated heterocycles. The van der Waals surface area contributed by atoms with E-state index in [1.807, 2.05) is 42.0 Å². The van der Waals surface area contributed by atoms with Gasteiger partial charge in [0.2, 0.25) is 5.92 Å². The zero-order valence-electron chi connectivity index (χ0n) is 22.5. The van der Waals surface area contributed by atoms with Crippen LogP contribution >= 0.6 is 0 Å². The van der Waals surface area contributed by atoms with Crippen LogP contribution in [0.3, 0.4) is 0 Å². The Balaban J connectivity index is 1.22. The van der Waals surface area contributed by atoms with Gasteiger partial charge in [0, 0.05) is 42.1 Å². The van der Waals surface area contributed by atoms with Crippen LogP contribution in [0.5, 0.6) is 5.75 Å². The lowest BCUT2D eigenvalue weighted by Crippen LogP contribution is -2.37. The number of aromatic nitrogens is 2. The van der Waals surface area contributed by atoms with Crippen LogP contribution in [0, 0.1) is 24.7 Å². The number of nitrogens with zero attached hydrogens (tertiary/aromatic N) is 4. The Morgan fingerprint density at radius 3 is 2.69 bits per heavy atom. The van der Waals surface area contributed by atoms with Crippen molar-refractivity contribution in [3.8, 4) is 11.4 Å². The molecule has 0 radical (unpaired) electrons. The van der Waals surface area contributed by atoms with Crippen molar-refractivity contribution in [2.24, 2.45) is 27.7 Å². The zero-order chi connectivity index (χ0) is 27.1. The van der Waals surface area contributed by atoms with Gasteiger partial charge in [-0.25, -0.2) is 23.1 Å². The molecule has 6 rings (SSSR count).